The predicted octanol–water partition coefficient (Wildman–Crippen LogP) is 0.00830. The van der Waals surface area contributed by atoms with Crippen LogP contribution in [-0.2, 0) is 6.42 Å². The van der Waals surface area contributed by atoms with Crippen molar-refractivity contribution in [1.82, 2.24) is 9.97 Å². The lowest BCUT2D eigenvalue weighted by Crippen LogP contribution is -2.35. The van der Waals surface area contributed by atoms with E-state index in [4.69, 9.17) is 21.6 Å². The fraction of sp³-hybridized carbons (Fsp3) is 0.500. The Bertz CT molecular complexity index is 320. The number of hydrogen-bond acceptors (Lipinski definition) is 4. The number of halogens is 1. The van der Waals surface area contributed by atoms with Gasteiger partial charge in [-0.25, -0.2) is 9.97 Å². The molecule has 0 saturated carbocycles. The zero-order chi connectivity index (χ0) is 10.7. The van der Waals surface area contributed by atoms with Crippen molar-refractivity contribution in [3.8, 4) is 0 Å². The molecule has 0 aliphatic heterocycles. The molecule has 0 saturated heterocycles. The van der Waals surface area contributed by atoms with E-state index in [1.165, 1.54) is 6.20 Å². The van der Waals surface area contributed by atoms with Gasteiger partial charge in [0.2, 0.25) is 5.28 Å². The van der Waals surface area contributed by atoms with E-state index in [9.17, 15) is 0 Å². The minimum absolute atomic E-state index is 0.130. The SMILES string of the molecule is CC(C)Cc1nc(Cl)ncc1B(O)O. The summed E-state index contributed by atoms with van der Waals surface area (Å²) in [5.41, 5.74) is 0.915. The smallest absolute Gasteiger partial charge is 0.423 e. The first-order chi connectivity index (χ1) is 6.50. The molecule has 76 valence electrons. The summed E-state index contributed by atoms with van der Waals surface area (Å²) in [7, 11) is -1.54. The van der Waals surface area contributed by atoms with Crippen LogP contribution in [0.5, 0.6) is 0 Å². The highest BCUT2D eigenvalue weighted by Gasteiger charge is 2.18. The standard InChI is InChI=1S/C8H12BClN2O2/c1-5(2)3-7-6(9(13)14)4-11-8(10)12-7/h4-5,13-14H,3H2,1-2H3. The third-order valence-corrected chi connectivity index (χ3v) is 1.93. The maximum absolute atomic E-state index is 9.04. The maximum Gasteiger partial charge on any atom is 0.491 e. The van der Waals surface area contributed by atoms with Gasteiger partial charge in [-0.1, -0.05) is 13.8 Å². The number of aromatic nitrogens is 2. The van der Waals surface area contributed by atoms with Crippen LogP contribution in [0.2, 0.25) is 5.28 Å². The molecule has 1 heterocycles. The van der Waals surface area contributed by atoms with Crippen molar-refractivity contribution in [1.29, 1.82) is 0 Å². The summed E-state index contributed by atoms with van der Waals surface area (Å²) in [4.78, 5) is 7.67. The molecule has 0 aliphatic carbocycles. The molecule has 1 rings (SSSR count). The van der Waals surface area contributed by atoms with Crippen LogP contribution in [0.3, 0.4) is 0 Å². The van der Waals surface area contributed by atoms with Crippen molar-refractivity contribution in [2.24, 2.45) is 5.92 Å². The van der Waals surface area contributed by atoms with Crippen LogP contribution >= 0.6 is 11.6 Å². The van der Waals surface area contributed by atoms with Gasteiger partial charge >= 0.3 is 7.12 Å². The van der Waals surface area contributed by atoms with Gasteiger partial charge in [0.1, 0.15) is 0 Å². The van der Waals surface area contributed by atoms with Crippen LogP contribution in [0.4, 0.5) is 0 Å². The van der Waals surface area contributed by atoms with Crippen LogP contribution in [0.25, 0.3) is 0 Å². The first kappa shape index (κ1) is 11.4. The fourth-order valence-electron chi connectivity index (χ4n) is 1.17. The van der Waals surface area contributed by atoms with Gasteiger partial charge < -0.3 is 10.0 Å². The van der Waals surface area contributed by atoms with E-state index >= 15 is 0 Å². The maximum atomic E-state index is 9.04. The van der Waals surface area contributed by atoms with Gasteiger partial charge in [0, 0.05) is 17.4 Å². The second-order valence-electron chi connectivity index (χ2n) is 3.51. The monoisotopic (exact) mass is 214 g/mol. The largest absolute Gasteiger partial charge is 0.491 e. The van der Waals surface area contributed by atoms with Gasteiger partial charge in [0.05, 0.1) is 0 Å². The summed E-state index contributed by atoms with van der Waals surface area (Å²) in [6.45, 7) is 4.03. The van der Waals surface area contributed by atoms with E-state index in [0.717, 1.165) is 0 Å². The van der Waals surface area contributed by atoms with E-state index in [-0.39, 0.29) is 5.28 Å². The zero-order valence-electron chi connectivity index (χ0n) is 8.11. The molecular formula is C8H12BClN2O2. The van der Waals surface area contributed by atoms with E-state index in [1.54, 1.807) is 0 Å². The van der Waals surface area contributed by atoms with Crippen LogP contribution in [0.15, 0.2) is 6.20 Å². The van der Waals surface area contributed by atoms with Gasteiger partial charge in [-0.3, -0.25) is 0 Å². The molecule has 0 aromatic carbocycles. The molecule has 14 heavy (non-hydrogen) atoms. The van der Waals surface area contributed by atoms with Crippen LogP contribution < -0.4 is 5.46 Å². The molecule has 0 aliphatic rings. The van der Waals surface area contributed by atoms with E-state index in [2.05, 4.69) is 9.97 Å². The van der Waals surface area contributed by atoms with Crippen molar-refractivity contribution in [3.63, 3.8) is 0 Å². The first-order valence-electron chi connectivity index (χ1n) is 4.38. The number of rotatable bonds is 3. The molecule has 0 radical (unpaired) electrons. The molecule has 6 heteroatoms. The molecule has 1 aromatic rings. The van der Waals surface area contributed by atoms with Gasteiger partial charge in [-0.2, -0.15) is 0 Å². The highest BCUT2D eigenvalue weighted by Crippen LogP contribution is 2.06. The second kappa shape index (κ2) is 4.73. The summed E-state index contributed by atoms with van der Waals surface area (Å²) in [5, 5.41) is 18.2. The molecule has 0 spiro atoms. The molecule has 0 fully saturated rings. The third kappa shape index (κ3) is 2.94. The Morgan fingerprint density at radius 3 is 2.64 bits per heavy atom. The normalized spacial score (nSPS) is 10.7. The molecule has 4 nitrogen and oxygen atoms in total. The van der Waals surface area contributed by atoms with Crippen molar-refractivity contribution < 1.29 is 10.0 Å². The summed E-state index contributed by atoms with van der Waals surface area (Å²) in [6.07, 6.45) is 1.99. The topological polar surface area (TPSA) is 66.2 Å². The summed E-state index contributed by atoms with van der Waals surface area (Å²) < 4.78 is 0. The molecule has 0 bridgehead atoms. The minimum atomic E-state index is -1.54. The summed E-state index contributed by atoms with van der Waals surface area (Å²) in [5.74, 6) is 0.374. The van der Waals surface area contributed by atoms with Crippen molar-refractivity contribution in [2.75, 3.05) is 0 Å². The van der Waals surface area contributed by atoms with Gasteiger partial charge in [0.15, 0.2) is 0 Å². The molecule has 0 amide bonds. The quantitative estimate of drug-likeness (QED) is 0.549. The molecule has 1 aromatic heterocycles. The fourth-order valence-corrected chi connectivity index (χ4v) is 1.32. The van der Waals surface area contributed by atoms with Gasteiger partial charge in [-0.05, 0) is 23.9 Å². The Morgan fingerprint density at radius 1 is 1.50 bits per heavy atom. The summed E-state index contributed by atoms with van der Waals surface area (Å²) >= 11 is 5.62. The predicted molar refractivity (Wildman–Crippen MR) is 55.4 cm³/mol. The Hall–Kier alpha value is -0.645. The third-order valence-electron chi connectivity index (χ3n) is 1.75. The van der Waals surface area contributed by atoms with Crippen molar-refractivity contribution in [2.45, 2.75) is 20.3 Å². The Morgan fingerprint density at radius 2 is 2.14 bits per heavy atom. The van der Waals surface area contributed by atoms with Gasteiger partial charge in [0.25, 0.3) is 0 Å². The van der Waals surface area contributed by atoms with Crippen molar-refractivity contribution in [3.05, 3.63) is 17.2 Å². The molecule has 0 unspecified atom stereocenters. The van der Waals surface area contributed by atoms with Crippen molar-refractivity contribution >= 4 is 24.2 Å². The Labute approximate surface area is 88.1 Å². The zero-order valence-corrected chi connectivity index (χ0v) is 8.86. The Kier molecular flexibility index (Phi) is 3.86. The van der Waals surface area contributed by atoms with Gasteiger partial charge in [-0.15, -0.1) is 0 Å². The van der Waals surface area contributed by atoms with E-state index in [0.29, 0.717) is 23.5 Å². The number of hydrogen-bond donors (Lipinski definition) is 2. The summed E-state index contributed by atoms with van der Waals surface area (Å²) in [6, 6.07) is 0. The van der Waals surface area contributed by atoms with Crippen LogP contribution in [0, 0.1) is 5.92 Å². The Balaban J connectivity index is 3.03. The van der Waals surface area contributed by atoms with Crippen LogP contribution in [0.1, 0.15) is 19.5 Å². The van der Waals surface area contributed by atoms with Crippen LogP contribution in [-0.4, -0.2) is 27.1 Å². The molecule has 0 atom stereocenters. The molecular weight excluding hydrogens is 202 g/mol. The second-order valence-corrected chi connectivity index (χ2v) is 3.85. The minimum Gasteiger partial charge on any atom is -0.423 e. The first-order valence-corrected chi connectivity index (χ1v) is 4.76. The van der Waals surface area contributed by atoms with E-state index in [1.807, 2.05) is 13.8 Å². The molecule has 2 N–H and O–H groups in total. The van der Waals surface area contributed by atoms with E-state index < -0.39 is 7.12 Å². The average molecular weight is 214 g/mol. The highest BCUT2D eigenvalue weighted by atomic mass is 35.5. The lowest BCUT2D eigenvalue weighted by Gasteiger charge is -2.09. The lowest BCUT2D eigenvalue weighted by atomic mass is 9.78. The lowest BCUT2D eigenvalue weighted by molar-refractivity contribution is 0.424. The average Bonchev–Trinajstić information content (AvgIpc) is 2.01. The highest BCUT2D eigenvalue weighted by molar-refractivity contribution is 6.59. The number of nitrogens with zero attached hydrogens (tertiary/aromatic N) is 2.